The van der Waals surface area contributed by atoms with Crippen molar-refractivity contribution in [1.82, 2.24) is 4.90 Å². The predicted octanol–water partition coefficient (Wildman–Crippen LogP) is 5.73. The third-order valence-corrected chi connectivity index (χ3v) is 12.0. The monoisotopic (exact) mass is 668 g/mol. The quantitative estimate of drug-likeness (QED) is 0.324. The Morgan fingerprint density at radius 2 is 1.44 bits per heavy atom. The zero-order valence-electron chi connectivity index (χ0n) is 23.6. The molecule has 7 nitrogen and oxygen atoms in total. The normalized spacial score (nSPS) is 25.9. The van der Waals surface area contributed by atoms with Crippen LogP contribution in [0.25, 0.3) is 0 Å². The summed E-state index contributed by atoms with van der Waals surface area (Å²) >= 11 is 0. The summed E-state index contributed by atoms with van der Waals surface area (Å²) in [6.07, 6.45) is -12.2. The molecule has 0 bridgehead atoms. The van der Waals surface area contributed by atoms with Gasteiger partial charge in [0.1, 0.15) is 10.6 Å². The van der Waals surface area contributed by atoms with Crippen molar-refractivity contribution < 1.29 is 58.2 Å². The molecule has 1 aliphatic carbocycles. The molecule has 2 aromatic carbocycles. The van der Waals surface area contributed by atoms with E-state index in [4.69, 9.17) is 0 Å². The Labute approximate surface area is 252 Å². The number of likely N-dealkylation sites (N-methyl/N-ethyl adjacent to an activating group) is 1. The number of anilines is 1. The zero-order chi connectivity index (χ0) is 33.3. The fourth-order valence-electron chi connectivity index (χ4n) is 7.05. The molecule has 1 saturated carbocycles. The van der Waals surface area contributed by atoms with Crippen LogP contribution in [0.4, 0.5) is 40.8 Å². The fourth-order valence-corrected chi connectivity index (χ4v) is 9.35. The lowest BCUT2D eigenvalue weighted by atomic mass is 9.80. The molecule has 0 spiro atoms. The molecule has 2 heterocycles. The van der Waals surface area contributed by atoms with E-state index in [0.717, 1.165) is 30.3 Å². The summed E-state index contributed by atoms with van der Waals surface area (Å²) in [6.45, 7) is -0.514. The van der Waals surface area contributed by atoms with Gasteiger partial charge in [-0.15, -0.1) is 0 Å². The summed E-state index contributed by atoms with van der Waals surface area (Å²) in [5, 5.41) is 9.32. The summed E-state index contributed by atoms with van der Waals surface area (Å²) in [6, 6.07) is 3.83. The fraction of sp³-hybridized carbons (Fsp3) is 0.517. The summed E-state index contributed by atoms with van der Waals surface area (Å²) in [4.78, 5) is 27.3. The number of benzene rings is 2. The molecule has 16 heteroatoms. The van der Waals surface area contributed by atoms with Crippen LogP contribution in [0.5, 0.6) is 0 Å². The van der Waals surface area contributed by atoms with Crippen LogP contribution in [-0.2, 0) is 29.8 Å². The Bertz CT molecular complexity index is 1590. The largest absolute Gasteiger partial charge is 0.481 e. The standard InChI is InChI=1S/C29H28F8N2O5S/c1-38-15-23-26(45(43,44)20-9-7-19(30)8-10-20,12-13-39(23)24(40)16-2-4-17(5-3-16)25(41)42)21-11-6-18(14-22(21)38)27(31,28(32,33)34)29(35,36)37/h6-11,14,16-17,23H,2-5,12-13,15H2,1H3,(H,41,42)/t16-,17-,23?,26?. The number of hydrogen-bond acceptors (Lipinski definition) is 5. The zero-order valence-corrected chi connectivity index (χ0v) is 24.4. The van der Waals surface area contributed by atoms with Gasteiger partial charge in [-0.25, -0.2) is 17.2 Å². The van der Waals surface area contributed by atoms with Gasteiger partial charge in [-0.3, -0.25) is 9.59 Å². The molecule has 2 aromatic rings. The number of fused-ring (bicyclic) bond motifs is 3. The molecule has 45 heavy (non-hydrogen) atoms. The van der Waals surface area contributed by atoms with Gasteiger partial charge in [0, 0.05) is 37.3 Å². The number of sulfone groups is 1. The minimum atomic E-state index is -6.40. The van der Waals surface area contributed by atoms with Gasteiger partial charge in [-0.05, 0) is 68.0 Å². The Balaban J connectivity index is 1.66. The van der Waals surface area contributed by atoms with Gasteiger partial charge in [0.15, 0.2) is 9.84 Å². The van der Waals surface area contributed by atoms with Crippen molar-refractivity contribution in [3.8, 4) is 0 Å². The van der Waals surface area contributed by atoms with Crippen LogP contribution in [0.1, 0.15) is 43.2 Å². The number of nitrogens with zero attached hydrogens (tertiary/aromatic N) is 2. The molecule has 1 saturated heterocycles. The average molecular weight is 669 g/mol. The van der Waals surface area contributed by atoms with Crippen LogP contribution in [0, 0.1) is 17.7 Å². The Hall–Kier alpha value is -3.43. The topological polar surface area (TPSA) is 95.0 Å². The highest BCUT2D eigenvalue weighted by Crippen LogP contribution is 2.57. The first-order valence-corrected chi connectivity index (χ1v) is 15.5. The number of alkyl halides is 7. The summed E-state index contributed by atoms with van der Waals surface area (Å²) in [5.74, 6) is -3.49. The predicted molar refractivity (Wildman–Crippen MR) is 143 cm³/mol. The van der Waals surface area contributed by atoms with Crippen LogP contribution in [0.2, 0.25) is 0 Å². The van der Waals surface area contributed by atoms with Crippen LogP contribution >= 0.6 is 0 Å². The van der Waals surface area contributed by atoms with E-state index in [1.165, 1.54) is 16.8 Å². The number of hydrogen-bond donors (Lipinski definition) is 1. The molecule has 5 rings (SSSR count). The van der Waals surface area contributed by atoms with Gasteiger partial charge in [0.2, 0.25) is 5.91 Å². The number of likely N-dealkylation sites (tertiary alicyclic amines) is 1. The molecular formula is C29H28F8N2O5S. The SMILES string of the molecule is CN1CC2N(C(=O)[C@H]3CC[C@H](C(=O)O)CC3)CCC2(S(=O)(=O)c2ccc(F)cc2)c2ccc(C(F)(C(F)(F)F)C(F)(F)F)cc21. The van der Waals surface area contributed by atoms with E-state index < -0.39 is 84.3 Å². The first kappa shape index (κ1) is 32.9. The second kappa shape index (κ2) is 10.8. The smallest absolute Gasteiger partial charge is 0.435 e. The third-order valence-electron chi connectivity index (χ3n) is 9.44. The van der Waals surface area contributed by atoms with E-state index in [2.05, 4.69) is 0 Å². The molecule has 2 atom stereocenters. The van der Waals surface area contributed by atoms with Crippen LogP contribution in [0.15, 0.2) is 47.4 Å². The maximum Gasteiger partial charge on any atom is 0.435 e. The van der Waals surface area contributed by atoms with E-state index in [1.807, 2.05) is 0 Å². The second-order valence-corrected chi connectivity index (χ2v) is 14.0. The average Bonchev–Trinajstić information content (AvgIpc) is 3.36. The third kappa shape index (κ3) is 4.94. The molecule has 0 aromatic heterocycles. The number of aliphatic carboxylic acids is 1. The van der Waals surface area contributed by atoms with E-state index in [0.29, 0.717) is 6.07 Å². The van der Waals surface area contributed by atoms with Gasteiger partial charge in [-0.1, -0.05) is 12.1 Å². The van der Waals surface area contributed by atoms with Crippen molar-refractivity contribution >= 4 is 27.4 Å². The molecule has 0 radical (unpaired) electrons. The van der Waals surface area contributed by atoms with Gasteiger partial charge in [-0.2, -0.15) is 26.3 Å². The highest BCUT2D eigenvalue weighted by Gasteiger charge is 2.74. The number of halogens is 8. The van der Waals surface area contributed by atoms with E-state index in [-0.39, 0.29) is 56.8 Å². The maximum atomic E-state index is 15.1. The Morgan fingerprint density at radius 1 is 0.889 bits per heavy atom. The number of rotatable bonds is 5. The lowest BCUT2D eigenvalue weighted by Gasteiger charge is -2.47. The molecule has 2 fully saturated rings. The molecule has 246 valence electrons. The summed E-state index contributed by atoms with van der Waals surface area (Å²) < 4.78 is 137. The number of carboxylic acid groups (broad SMARTS) is 1. The van der Waals surface area contributed by atoms with Crippen molar-refractivity contribution in [2.75, 3.05) is 25.0 Å². The molecule has 1 N–H and O–H groups in total. The highest BCUT2D eigenvalue weighted by molar-refractivity contribution is 7.92. The summed E-state index contributed by atoms with van der Waals surface area (Å²) in [5.41, 5.74) is -8.18. The van der Waals surface area contributed by atoms with Crippen LogP contribution in [0.3, 0.4) is 0 Å². The second-order valence-electron chi connectivity index (χ2n) is 11.8. The first-order chi connectivity index (χ1) is 20.8. The van der Waals surface area contributed by atoms with Crippen LogP contribution in [-0.4, -0.2) is 68.8 Å². The molecule has 1 amide bonds. The molecule has 3 aliphatic rings. The Kier molecular flexibility index (Phi) is 7.93. The van der Waals surface area contributed by atoms with E-state index >= 15 is 4.39 Å². The van der Waals surface area contributed by atoms with Gasteiger partial charge in [0.25, 0.3) is 0 Å². The van der Waals surface area contributed by atoms with Crippen molar-refractivity contribution in [2.24, 2.45) is 11.8 Å². The lowest BCUT2D eigenvalue weighted by Crippen LogP contribution is -2.58. The minimum absolute atomic E-state index is 0.157. The van der Waals surface area contributed by atoms with Crippen LogP contribution < -0.4 is 4.90 Å². The molecular weight excluding hydrogens is 640 g/mol. The molecule has 2 aliphatic heterocycles. The van der Waals surface area contributed by atoms with Gasteiger partial charge >= 0.3 is 24.0 Å². The number of carbonyl (C=O) groups excluding carboxylic acids is 1. The molecule has 2 unspecified atom stereocenters. The van der Waals surface area contributed by atoms with Gasteiger partial charge < -0.3 is 14.9 Å². The number of amides is 1. The lowest BCUT2D eigenvalue weighted by molar-refractivity contribution is -0.348. The van der Waals surface area contributed by atoms with E-state index in [1.54, 1.807) is 0 Å². The van der Waals surface area contributed by atoms with Gasteiger partial charge in [0.05, 0.1) is 16.9 Å². The minimum Gasteiger partial charge on any atom is -0.481 e. The van der Waals surface area contributed by atoms with Crippen molar-refractivity contribution in [1.29, 1.82) is 0 Å². The van der Waals surface area contributed by atoms with Crippen molar-refractivity contribution in [3.63, 3.8) is 0 Å². The van der Waals surface area contributed by atoms with Crippen molar-refractivity contribution in [3.05, 3.63) is 59.4 Å². The first-order valence-electron chi connectivity index (χ1n) is 14.0. The number of carbonyl (C=O) groups is 2. The van der Waals surface area contributed by atoms with E-state index in [9.17, 15) is 53.8 Å². The Morgan fingerprint density at radius 3 is 1.98 bits per heavy atom. The highest BCUT2D eigenvalue weighted by atomic mass is 32.2. The number of carboxylic acids is 1. The maximum absolute atomic E-state index is 15.1. The van der Waals surface area contributed by atoms with Crippen molar-refractivity contribution in [2.45, 2.75) is 65.8 Å². The summed E-state index contributed by atoms with van der Waals surface area (Å²) in [7, 11) is -3.36.